The third-order valence-electron chi connectivity index (χ3n) is 3.31. The third kappa shape index (κ3) is 2.26. The van der Waals surface area contributed by atoms with Crippen molar-refractivity contribution in [2.75, 3.05) is 6.54 Å². The summed E-state index contributed by atoms with van der Waals surface area (Å²) < 4.78 is 0. The van der Waals surface area contributed by atoms with Crippen LogP contribution in [0.1, 0.15) is 43.2 Å². The van der Waals surface area contributed by atoms with Crippen molar-refractivity contribution < 1.29 is 0 Å². The van der Waals surface area contributed by atoms with Gasteiger partial charge in [-0.1, -0.05) is 13.3 Å². The number of hydrogen-bond acceptors (Lipinski definition) is 2. The molecule has 0 N–H and O–H groups in total. The summed E-state index contributed by atoms with van der Waals surface area (Å²) in [7, 11) is 0. The van der Waals surface area contributed by atoms with Crippen molar-refractivity contribution in [2.24, 2.45) is 0 Å². The Hall–Kier alpha value is -0.340. The van der Waals surface area contributed by atoms with Gasteiger partial charge in [0.05, 0.1) is 0 Å². The van der Waals surface area contributed by atoms with Crippen LogP contribution in [-0.2, 0) is 19.4 Å². The second kappa shape index (κ2) is 4.67. The maximum absolute atomic E-state index is 2.58. The summed E-state index contributed by atoms with van der Waals surface area (Å²) in [4.78, 5) is 4.20. The van der Waals surface area contributed by atoms with Gasteiger partial charge in [-0.25, -0.2) is 0 Å². The highest BCUT2D eigenvalue weighted by Crippen LogP contribution is 2.30. The predicted molar refractivity (Wildman–Crippen MR) is 67.6 cm³/mol. The van der Waals surface area contributed by atoms with Crippen LogP contribution in [0, 0.1) is 0 Å². The molecule has 2 heteroatoms. The van der Waals surface area contributed by atoms with Crippen LogP contribution in [0.15, 0.2) is 5.38 Å². The lowest BCUT2D eigenvalue weighted by Crippen LogP contribution is -2.35. The summed E-state index contributed by atoms with van der Waals surface area (Å²) >= 11 is 1.97. The molecule has 1 aromatic rings. The molecule has 0 aliphatic carbocycles. The van der Waals surface area contributed by atoms with Crippen molar-refractivity contribution in [3.8, 4) is 0 Å². The van der Waals surface area contributed by atoms with Gasteiger partial charge >= 0.3 is 0 Å². The van der Waals surface area contributed by atoms with E-state index < -0.39 is 0 Å². The van der Waals surface area contributed by atoms with E-state index in [1.54, 1.807) is 16.0 Å². The van der Waals surface area contributed by atoms with Crippen LogP contribution in [0.5, 0.6) is 0 Å². The Kier molecular flexibility index (Phi) is 3.47. The standard InChI is InChI=1S/C13H21NS/c1-4-5-11-9-15-13-8-14(10(2)3)7-6-12(11)13/h9-10H,4-8H2,1-3H3. The van der Waals surface area contributed by atoms with Crippen molar-refractivity contribution in [3.05, 3.63) is 21.4 Å². The van der Waals surface area contributed by atoms with E-state index in [1.807, 2.05) is 11.3 Å². The molecule has 0 saturated carbocycles. The quantitative estimate of drug-likeness (QED) is 0.758. The summed E-state index contributed by atoms with van der Waals surface area (Å²) in [5.41, 5.74) is 3.31. The molecule has 2 rings (SSSR count). The number of nitrogens with zero attached hydrogens (tertiary/aromatic N) is 1. The number of hydrogen-bond donors (Lipinski definition) is 0. The monoisotopic (exact) mass is 223 g/mol. The molecule has 84 valence electrons. The number of aryl methyl sites for hydroxylation is 1. The maximum atomic E-state index is 2.58. The van der Waals surface area contributed by atoms with Crippen LogP contribution in [0.4, 0.5) is 0 Å². The van der Waals surface area contributed by atoms with E-state index in [4.69, 9.17) is 0 Å². The maximum Gasteiger partial charge on any atom is 0.0333 e. The normalized spacial score (nSPS) is 17.1. The van der Waals surface area contributed by atoms with Gasteiger partial charge in [0, 0.05) is 24.0 Å². The molecule has 15 heavy (non-hydrogen) atoms. The first-order valence-electron chi connectivity index (χ1n) is 6.04. The van der Waals surface area contributed by atoms with E-state index in [-0.39, 0.29) is 0 Å². The molecule has 0 unspecified atom stereocenters. The van der Waals surface area contributed by atoms with Crippen LogP contribution in [-0.4, -0.2) is 17.5 Å². The van der Waals surface area contributed by atoms with Crippen LogP contribution in [0.25, 0.3) is 0 Å². The van der Waals surface area contributed by atoms with E-state index in [2.05, 4.69) is 31.1 Å². The Bertz CT molecular complexity index is 327. The summed E-state index contributed by atoms with van der Waals surface area (Å²) in [6.07, 6.45) is 3.82. The number of fused-ring (bicyclic) bond motifs is 1. The van der Waals surface area contributed by atoms with Gasteiger partial charge in [0.1, 0.15) is 0 Å². The minimum Gasteiger partial charge on any atom is -0.296 e. The fraction of sp³-hybridized carbons (Fsp3) is 0.692. The Morgan fingerprint density at radius 1 is 1.47 bits per heavy atom. The first-order valence-corrected chi connectivity index (χ1v) is 6.92. The van der Waals surface area contributed by atoms with Crippen LogP contribution >= 0.6 is 11.3 Å². The molecule has 0 saturated heterocycles. The average molecular weight is 223 g/mol. The van der Waals surface area contributed by atoms with Crippen LogP contribution in [0.2, 0.25) is 0 Å². The lowest BCUT2D eigenvalue weighted by atomic mass is 10.00. The first kappa shape index (κ1) is 11.2. The zero-order chi connectivity index (χ0) is 10.8. The molecule has 0 fully saturated rings. The smallest absolute Gasteiger partial charge is 0.0333 e. The van der Waals surface area contributed by atoms with Crippen molar-refractivity contribution in [1.29, 1.82) is 0 Å². The molecule has 0 aromatic carbocycles. The van der Waals surface area contributed by atoms with Crippen molar-refractivity contribution in [3.63, 3.8) is 0 Å². The summed E-state index contributed by atoms with van der Waals surface area (Å²) in [5, 5.41) is 2.39. The van der Waals surface area contributed by atoms with Gasteiger partial charge in [0.25, 0.3) is 0 Å². The molecule has 2 heterocycles. The fourth-order valence-electron chi connectivity index (χ4n) is 2.34. The topological polar surface area (TPSA) is 3.24 Å². The zero-order valence-electron chi connectivity index (χ0n) is 10.0. The molecule has 1 aliphatic rings. The lowest BCUT2D eigenvalue weighted by Gasteiger charge is -2.30. The highest BCUT2D eigenvalue weighted by Gasteiger charge is 2.21. The van der Waals surface area contributed by atoms with Crippen molar-refractivity contribution in [1.82, 2.24) is 4.90 Å². The summed E-state index contributed by atoms with van der Waals surface area (Å²) in [6, 6.07) is 0.690. The fourth-order valence-corrected chi connectivity index (χ4v) is 3.50. The average Bonchev–Trinajstić information content (AvgIpc) is 2.61. The summed E-state index contributed by atoms with van der Waals surface area (Å²) in [6.45, 7) is 9.30. The molecule has 1 nitrogen and oxygen atoms in total. The van der Waals surface area contributed by atoms with E-state index in [0.29, 0.717) is 6.04 Å². The molecule has 0 spiro atoms. The Morgan fingerprint density at radius 3 is 2.93 bits per heavy atom. The predicted octanol–water partition coefficient (Wildman–Crippen LogP) is 3.47. The van der Waals surface area contributed by atoms with Gasteiger partial charge in [-0.05, 0) is 43.2 Å². The molecule has 0 amide bonds. The van der Waals surface area contributed by atoms with Crippen molar-refractivity contribution in [2.45, 2.75) is 52.6 Å². The largest absolute Gasteiger partial charge is 0.296 e. The van der Waals surface area contributed by atoms with Crippen molar-refractivity contribution >= 4 is 11.3 Å². The highest BCUT2D eigenvalue weighted by atomic mass is 32.1. The van der Waals surface area contributed by atoms with E-state index in [9.17, 15) is 0 Å². The minimum atomic E-state index is 0.690. The highest BCUT2D eigenvalue weighted by molar-refractivity contribution is 7.10. The molecular weight excluding hydrogens is 202 g/mol. The number of thiophene rings is 1. The van der Waals surface area contributed by atoms with E-state index in [0.717, 1.165) is 0 Å². The third-order valence-corrected chi connectivity index (χ3v) is 4.38. The molecular formula is C13H21NS. The second-order valence-corrected chi connectivity index (χ2v) is 5.69. The first-order chi connectivity index (χ1) is 7.22. The van der Waals surface area contributed by atoms with E-state index >= 15 is 0 Å². The lowest BCUT2D eigenvalue weighted by molar-refractivity contribution is 0.206. The van der Waals surface area contributed by atoms with Gasteiger partial charge in [-0.15, -0.1) is 11.3 Å². The van der Waals surface area contributed by atoms with Gasteiger partial charge in [-0.3, -0.25) is 4.90 Å². The molecule has 0 atom stereocenters. The van der Waals surface area contributed by atoms with Crippen LogP contribution in [0.3, 0.4) is 0 Å². The summed E-state index contributed by atoms with van der Waals surface area (Å²) in [5.74, 6) is 0. The van der Waals surface area contributed by atoms with Gasteiger partial charge < -0.3 is 0 Å². The molecule has 0 radical (unpaired) electrons. The number of rotatable bonds is 3. The zero-order valence-corrected chi connectivity index (χ0v) is 10.9. The second-order valence-electron chi connectivity index (χ2n) is 4.73. The van der Waals surface area contributed by atoms with Gasteiger partial charge in [0.2, 0.25) is 0 Å². The SMILES string of the molecule is CCCc1csc2c1CCN(C(C)C)C2. The van der Waals surface area contributed by atoms with E-state index in [1.165, 1.54) is 32.4 Å². The van der Waals surface area contributed by atoms with Gasteiger partial charge in [0.15, 0.2) is 0 Å². The molecule has 0 bridgehead atoms. The Morgan fingerprint density at radius 2 is 2.27 bits per heavy atom. The Labute approximate surface area is 97.1 Å². The van der Waals surface area contributed by atoms with Crippen LogP contribution < -0.4 is 0 Å². The molecule has 1 aliphatic heterocycles. The van der Waals surface area contributed by atoms with Gasteiger partial charge in [-0.2, -0.15) is 0 Å². The Balaban J connectivity index is 2.15. The molecule has 1 aromatic heterocycles. The minimum absolute atomic E-state index is 0.690.